The van der Waals surface area contributed by atoms with E-state index in [1.165, 1.54) is 6.21 Å². The van der Waals surface area contributed by atoms with Crippen LogP contribution < -0.4 is 20.2 Å². The largest absolute Gasteiger partial charge is 0.497 e. The highest BCUT2D eigenvalue weighted by Crippen LogP contribution is 2.23. The lowest BCUT2D eigenvalue weighted by molar-refractivity contribution is 0.252. The second-order valence-corrected chi connectivity index (χ2v) is 4.88. The number of hydrogen-bond acceptors (Lipinski definition) is 4. The summed E-state index contributed by atoms with van der Waals surface area (Å²) in [6, 6.07) is 11.6. The van der Waals surface area contributed by atoms with E-state index >= 15 is 0 Å². The molecule has 0 aliphatic carbocycles. The van der Waals surface area contributed by atoms with Gasteiger partial charge in [-0.15, -0.1) is 0 Å². The Morgan fingerprint density at radius 2 is 1.87 bits per heavy atom. The van der Waals surface area contributed by atoms with Crippen LogP contribution in [0.1, 0.15) is 5.56 Å². The Labute approximate surface area is 139 Å². The van der Waals surface area contributed by atoms with E-state index in [1.807, 2.05) is 0 Å². The maximum absolute atomic E-state index is 11.7. The number of carbonyl (C=O) groups is 1. The van der Waals surface area contributed by atoms with E-state index in [4.69, 9.17) is 21.1 Å². The molecule has 0 atom stereocenters. The summed E-state index contributed by atoms with van der Waals surface area (Å²) in [7, 11) is 3.12. The van der Waals surface area contributed by atoms with E-state index in [0.29, 0.717) is 27.8 Å². The molecule has 0 aromatic heterocycles. The van der Waals surface area contributed by atoms with Gasteiger partial charge in [-0.25, -0.2) is 10.2 Å². The number of nitrogens with zero attached hydrogens (tertiary/aromatic N) is 1. The van der Waals surface area contributed by atoms with Crippen LogP contribution in [0.25, 0.3) is 0 Å². The first kappa shape index (κ1) is 16.6. The van der Waals surface area contributed by atoms with Gasteiger partial charge in [-0.05, 0) is 36.4 Å². The van der Waals surface area contributed by atoms with Gasteiger partial charge in [0.05, 0.1) is 20.4 Å². The summed E-state index contributed by atoms with van der Waals surface area (Å²) in [5.74, 6) is 1.26. The summed E-state index contributed by atoms with van der Waals surface area (Å²) in [4.78, 5) is 11.7. The predicted molar refractivity (Wildman–Crippen MR) is 90.7 cm³/mol. The molecule has 7 heteroatoms. The summed E-state index contributed by atoms with van der Waals surface area (Å²) in [5.41, 5.74) is 3.70. The Morgan fingerprint density at radius 3 is 2.52 bits per heavy atom. The summed E-state index contributed by atoms with van der Waals surface area (Å²) >= 11 is 5.78. The number of carbonyl (C=O) groups excluding carboxylic acids is 1. The van der Waals surface area contributed by atoms with Crippen molar-refractivity contribution in [3.8, 4) is 11.5 Å². The van der Waals surface area contributed by atoms with Crippen LogP contribution in [0.2, 0.25) is 5.02 Å². The minimum Gasteiger partial charge on any atom is -0.497 e. The normalized spacial score (nSPS) is 10.4. The first-order chi connectivity index (χ1) is 11.1. The van der Waals surface area contributed by atoms with Crippen molar-refractivity contribution in [1.29, 1.82) is 0 Å². The molecule has 2 aromatic rings. The lowest BCUT2D eigenvalue weighted by atomic mass is 10.2. The van der Waals surface area contributed by atoms with E-state index < -0.39 is 6.03 Å². The van der Waals surface area contributed by atoms with Crippen LogP contribution in [0.3, 0.4) is 0 Å². The van der Waals surface area contributed by atoms with Crippen molar-refractivity contribution >= 4 is 29.5 Å². The molecule has 2 aromatic carbocycles. The molecule has 23 heavy (non-hydrogen) atoms. The average Bonchev–Trinajstić information content (AvgIpc) is 2.57. The monoisotopic (exact) mass is 333 g/mol. The van der Waals surface area contributed by atoms with Gasteiger partial charge in [-0.1, -0.05) is 11.6 Å². The molecule has 0 saturated heterocycles. The maximum Gasteiger partial charge on any atom is 0.339 e. The van der Waals surface area contributed by atoms with Crippen LogP contribution in [0.5, 0.6) is 11.5 Å². The van der Waals surface area contributed by atoms with Crippen LogP contribution in [-0.2, 0) is 0 Å². The Balaban J connectivity index is 1.95. The molecule has 0 heterocycles. The molecule has 0 aliphatic rings. The number of urea groups is 1. The van der Waals surface area contributed by atoms with E-state index in [1.54, 1.807) is 56.7 Å². The third kappa shape index (κ3) is 4.89. The highest BCUT2D eigenvalue weighted by Gasteiger charge is 2.03. The SMILES string of the molecule is COc1ccc(/C=N\NC(=O)Nc2ccc(Cl)cc2)c(OC)c1. The van der Waals surface area contributed by atoms with E-state index in [9.17, 15) is 4.79 Å². The van der Waals surface area contributed by atoms with Crippen molar-refractivity contribution in [2.24, 2.45) is 5.10 Å². The lowest BCUT2D eigenvalue weighted by Crippen LogP contribution is -2.24. The van der Waals surface area contributed by atoms with Gasteiger partial charge < -0.3 is 14.8 Å². The van der Waals surface area contributed by atoms with E-state index in [2.05, 4.69) is 15.8 Å². The van der Waals surface area contributed by atoms with Crippen LogP contribution in [0.15, 0.2) is 47.6 Å². The van der Waals surface area contributed by atoms with Crippen molar-refractivity contribution in [2.45, 2.75) is 0 Å². The average molecular weight is 334 g/mol. The van der Waals surface area contributed by atoms with Gasteiger partial charge in [0.2, 0.25) is 0 Å². The Kier molecular flexibility index (Phi) is 5.82. The molecule has 0 bridgehead atoms. The number of halogens is 1. The molecule has 0 aliphatic heterocycles. The van der Waals surface area contributed by atoms with Crippen molar-refractivity contribution in [1.82, 2.24) is 5.43 Å². The fourth-order valence-electron chi connectivity index (χ4n) is 1.78. The fraction of sp³-hybridized carbons (Fsp3) is 0.125. The van der Waals surface area contributed by atoms with Gasteiger partial charge in [0.15, 0.2) is 0 Å². The second kappa shape index (κ2) is 8.05. The third-order valence-electron chi connectivity index (χ3n) is 2.91. The van der Waals surface area contributed by atoms with Gasteiger partial charge in [-0.2, -0.15) is 5.10 Å². The Hall–Kier alpha value is -2.73. The second-order valence-electron chi connectivity index (χ2n) is 4.44. The zero-order chi connectivity index (χ0) is 16.7. The molecule has 2 N–H and O–H groups in total. The van der Waals surface area contributed by atoms with Crippen LogP contribution in [0, 0.1) is 0 Å². The van der Waals surface area contributed by atoms with Gasteiger partial charge in [0, 0.05) is 22.3 Å². The topological polar surface area (TPSA) is 72.0 Å². The molecule has 2 amide bonds. The minimum atomic E-state index is -0.462. The number of ether oxygens (including phenoxy) is 2. The van der Waals surface area contributed by atoms with Crippen molar-refractivity contribution in [2.75, 3.05) is 19.5 Å². The molecule has 0 spiro atoms. The van der Waals surface area contributed by atoms with Gasteiger partial charge >= 0.3 is 6.03 Å². The highest BCUT2D eigenvalue weighted by molar-refractivity contribution is 6.30. The zero-order valence-electron chi connectivity index (χ0n) is 12.7. The number of hydrazone groups is 1. The van der Waals surface area contributed by atoms with Crippen molar-refractivity contribution in [3.63, 3.8) is 0 Å². The van der Waals surface area contributed by atoms with Gasteiger partial charge in [0.25, 0.3) is 0 Å². The van der Waals surface area contributed by atoms with Gasteiger partial charge in [-0.3, -0.25) is 0 Å². The number of anilines is 1. The fourth-order valence-corrected chi connectivity index (χ4v) is 1.90. The van der Waals surface area contributed by atoms with Crippen molar-refractivity contribution in [3.05, 3.63) is 53.1 Å². The molecule has 0 saturated carbocycles. The molecule has 6 nitrogen and oxygen atoms in total. The number of amides is 2. The molecular weight excluding hydrogens is 318 g/mol. The van der Waals surface area contributed by atoms with E-state index in [-0.39, 0.29) is 0 Å². The lowest BCUT2D eigenvalue weighted by Gasteiger charge is -2.07. The molecule has 0 unspecified atom stereocenters. The standard InChI is InChI=1S/C16H16ClN3O3/c1-22-14-8-3-11(15(9-14)23-2)10-18-20-16(21)19-13-6-4-12(17)5-7-13/h3-10H,1-2H3,(H2,19,20,21)/b18-10-. The van der Waals surface area contributed by atoms with E-state index in [0.717, 1.165) is 0 Å². The number of methoxy groups -OCH3 is 2. The molecule has 2 rings (SSSR count). The summed E-state index contributed by atoms with van der Waals surface area (Å²) in [6.07, 6.45) is 1.49. The Bertz CT molecular complexity index is 702. The van der Waals surface area contributed by atoms with Crippen LogP contribution in [-0.4, -0.2) is 26.5 Å². The van der Waals surface area contributed by atoms with Crippen LogP contribution in [0.4, 0.5) is 10.5 Å². The molecule has 120 valence electrons. The minimum absolute atomic E-state index is 0.462. The van der Waals surface area contributed by atoms with Crippen LogP contribution >= 0.6 is 11.6 Å². The number of hydrogen-bond donors (Lipinski definition) is 2. The number of rotatable bonds is 5. The van der Waals surface area contributed by atoms with Crippen molar-refractivity contribution < 1.29 is 14.3 Å². The molecule has 0 fully saturated rings. The van der Waals surface area contributed by atoms with Gasteiger partial charge in [0.1, 0.15) is 11.5 Å². The zero-order valence-corrected chi connectivity index (χ0v) is 13.4. The number of nitrogens with one attached hydrogen (secondary N) is 2. The predicted octanol–water partition coefficient (Wildman–Crippen LogP) is 3.51. The summed E-state index contributed by atoms with van der Waals surface area (Å²) < 4.78 is 10.4. The first-order valence-electron chi connectivity index (χ1n) is 6.70. The number of benzene rings is 2. The summed E-state index contributed by atoms with van der Waals surface area (Å²) in [6.45, 7) is 0. The molecule has 0 radical (unpaired) electrons. The molecular formula is C16H16ClN3O3. The highest BCUT2D eigenvalue weighted by atomic mass is 35.5. The maximum atomic E-state index is 11.7. The Morgan fingerprint density at radius 1 is 1.13 bits per heavy atom. The smallest absolute Gasteiger partial charge is 0.339 e. The third-order valence-corrected chi connectivity index (χ3v) is 3.16. The first-order valence-corrected chi connectivity index (χ1v) is 7.08. The summed E-state index contributed by atoms with van der Waals surface area (Å²) in [5, 5.41) is 7.11. The quantitative estimate of drug-likeness (QED) is 0.649.